The second kappa shape index (κ2) is 8.98. The molecule has 0 bridgehead atoms. The van der Waals surface area contributed by atoms with Crippen LogP contribution in [0.15, 0.2) is 0 Å². The molecule has 2 heterocycles. The average Bonchev–Trinajstić information content (AvgIpc) is 2.66. The molecular formula is C18H34O9. The maximum atomic E-state index is 11.2. The zero-order chi connectivity index (χ0) is 20.5. The van der Waals surface area contributed by atoms with Crippen LogP contribution in [0.5, 0.6) is 0 Å². The second-order valence-corrected chi connectivity index (χ2v) is 7.90. The topological polar surface area (TPSA) is 160 Å². The summed E-state index contributed by atoms with van der Waals surface area (Å²) in [7, 11) is 0. The molecule has 9 heteroatoms. The van der Waals surface area contributed by atoms with E-state index in [1.165, 1.54) is 0 Å². The monoisotopic (exact) mass is 394 g/mol. The summed E-state index contributed by atoms with van der Waals surface area (Å²) < 4.78 is 11.0. The Balaban J connectivity index is 2.39. The van der Waals surface area contributed by atoms with Gasteiger partial charge in [-0.25, -0.2) is 0 Å². The molecule has 0 aromatic rings. The van der Waals surface area contributed by atoms with Crippen molar-refractivity contribution in [1.82, 2.24) is 0 Å². The smallest absolute Gasteiger partial charge is 0.198 e. The highest BCUT2D eigenvalue weighted by atomic mass is 16.6. The number of ether oxygens (including phenoxy) is 2. The quantitative estimate of drug-likeness (QED) is 0.269. The zero-order valence-corrected chi connectivity index (χ0v) is 16.0. The van der Waals surface area contributed by atoms with Gasteiger partial charge >= 0.3 is 0 Å². The highest BCUT2D eigenvalue weighted by molar-refractivity contribution is 5.02. The Kier molecular flexibility index (Phi) is 7.62. The van der Waals surface area contributed by atoms with Gasteiger partial charge in [0.1, 0.15) is 36.6 Å². The van der Waals surface area contributed by atoms with Crippen LogP contribution in [0.2, 0.25) is 0 Å². The van der Waals surface area contributed by atoms with Crippen molar-refractivity contribution in [1.29, 1.82) is 0 Å². The fourth-order valence-corrected chi connectivity index (χ4v) is 4.44. The van der Waals surface area contributed by atoms with Gasteiger partial charge in [-0.15, -0.1) is 0 Å². The molecule has 2 saturated heterocycles. The fraction of sp³-hybridized carbons (Fsp3) is 1.00. The van der Waals surface area contributed by atoms with Crippen LogP contribution in [0.3, 0.4) is 0 Å². The molecule has 0 amide bonds. The first-order valence-corrected chi connectivity index (χ1v) is 9.66. The minimum atomic E-state index is -2.17. The molecule has 0 aliphatic carbocycles. The maximum Gasteiger partial charge on any atom is 0.198 e. The van der Waals surface area contributed by atoms with E-state index in [1.54, 1.807) is 0 Å². The summed E-state index contributed by atoms with van der Waals surface area (Å²) in [4.78, 5) is 0. The Hall–Kier alpha value is -0.360. The fourth-order valence-electron chi connectivity index (χ4n) is 4.44. The van der Waals surface area contributed by atoms with Crippen LogP contribution in [-0.4, -0.2) is 97.5 Å². The molecule has 0 saturated carbocycles. The van der Waals surface area contributed by atoms with Crippen LogP contribution in [0, 0.1) is 17.8 Å². The third kappa shape index (κ3) is 4.17. The first-order chi connectivity index (χ1) is 12.6. The lowest BCUT2D eigenvalue weighted by molar-refractivity contribution is -0.360. The molecule has 0 aromatic heterocycles. The van der Waals surface area contributed by atoms with Gasteiger partial charge in [0.2, 0.25) is 0 Å². The van der Waals surface area contributed by atoms with Crippen molar-refractivity contribution in [3.8, 4) is 0 Å². The lowest BCUT2D eigenvalue weighted by Gasteiger charge is -2.52. The second-order valence-electron chi connectivity index (χ2n) is 7.90. The van der Waals surface area contributed by atoms with Crippen LogP contribution < -0.4 is 0 Å². The molecule has 2 aliphatic rings. The summed E-state index contributed by atoms with van der Waals surface area (Å²) in [6, 6.07) is 0. The van der Waals surface area contributed by atoms with E-state index in [0.717, 1.165) is 0 Å². The molecule has 7 N–H and O–H groups in total. The molecule has 0 radical (unpaired) electrons. The van der Waals surface area contributed by atoms with Gasteiger partial charge in [0.25, 0.3) is 0 Å². The lowest BCUT2D eigenvalue weighted by atomic mass is 9.67. The Morgan fingerprint density at radius 1 is 0.889 bits per heavy atom. The van der Waals surface area contributed by atoms with Crippen LogP contribution in [-0.2, 0) is 9.47 Å². The summed E-state index contributed by atoms with van der Waals surface area (Å²) in [5, 5.41) is 71.8. The van der Waals surface area contributed by atoms with Crippen LogP contribution >= 0.6 is 0 Å². The summed E-state index contributed by atoms with van der Waals surface area (Å²) in [5.41, 5.74) is 0. The van der Waals surface area contributed by atoms with Crippen molar-refractivity contribution >= 4 is 0 Å². The van der Waals surface area contributed by atoms with Gasteiger partial charge in [0.05, 0.1) is 19.3 Å². The van der Waals surface area contributed by atoms with Crippen molar-refractivity contribution in [3.63, 3.8) is 0 Å². The van der Waals surface area contributed by atoms with Gasteiger partial charge in [-0.3, -0.25) is 0 Å². The minimum absolute atomic E-state index is 0.171. The Morgan fingerprint density at radius 3 is 2.04 bits per heavy atom. The first-order valence-electron chi connectivity index (χ1n) is 9.66. The summed E-state index contributed by atoms with van der Waals surface area (Å²) in [5.74, 6) is -3.71. The Labute approximate surface area is 159 Å². The number of aliphatic hydroxyl groups excluding tert-OH is 6. The molecule has 160 valence electrons. The van der Waals surface area contributed by atoms with Crippen molar-refractivity contribution in [2.24, 2.45) is 17.8 Å². The van der Waals surface area contributed by atoms with Crippen LogP contribution in [0.4, 0.5) is 0 Å². The standard InChI is InChI=1S/C18H34O9/c1-4-8(3)12(18(25)17(24)14(22)11(20)7-27-18)9(5-2)16-15(23)13(21)10(19)6-26-16/h8-17,19-25H,4-7H2,1-3H3/t8?,9?,10-,11-,12?,13+,14+,15-,16+,17-,18-/m1/s1. The van der Waals surface area contributed by atoms with Crippen molar-refractivity contribution in [2.45, 2.75) is 82.1 Å². The molecule has 27 heavy (non-hydrogen) atoms. The molecule has 9 nitrogen and oxygen atoms in total. The van der Waals surface area contributed by atoms with E-state index in [2.05, 4.69) is 0 Å². The number of hydrogen-bond acceptors (Lipinski definition) is 9. The normalized spacial score (nSPS) is 46.7. The van der Waals surface area contributed by atoms with Gasteiger partial charge in [0, 0.05) is 5.92 Å². The first kappa shape index (κ1) is 22.9. The molecule has 0 spiro atoms. The summed E-state index contributed by atoms with van der Waals surface area (Å²) in [6.07, 6.45) is -8.55. The number of hydrogen-bond donors (Lipinski definition) is 7. The summed E-state index contributed by atoms with van der Waals surface area (Å²) in [6.45, 7) is 5.03. The van der Waals surface area contributed by atoms with E-state index in [0.29, 0.717) is 12.8 Å². The highest BCUT2D eigenvalue weighted by Gasteiger charge is 2.58. The van der Waals surface area contributed by atoms with E-state index in [9.17, 15) is 35.7 Å². The largest absolute Gasteiger partial charge is 0.388 e. The Morgan fingerprint density at radius 2 is 1.48 bits per heavy atom. The van der Waals surface area contributed by atoms with Gasteiger partial charge < -0.3 is 45.2 Å². The predicted molar refractivity (Wildman–Crippen MR) is 93.4 cm³/mol. The molecule has 2 fully saturated rings. The van der Waals surface area contributed by atoms with Gasteiger partial charge in [-0.05, 0) is 11.8 Å². The third-order valence-electron chi connectivity index (χ3n) is 6.26. The predicted octanol–water partition coefficient (Wildman–Crippen LogP) is -2.04. The maximum absolute atomic E-state index is 11.2. The van der Waals surface area contributed by atoms with E-state index < -0.39 is 60.4 Å². The van der Waals surface area contributed by atoms with Crippen LogP contribution in [0.25, 0.3) is 0 Å². The SMILES string of the molecule is CCC(C)C(C(CC)[C@@H]1OC[C@@H](O)[C@H](O)[C@H]1O)[C@@]1(O)OC[C@@H](O)[C@H](O)[C@H]1O. The van der Waals surface area contributed by atoms with Crippen LogP contribution in [0.1, 0.15) is 33.6 Å². The molecular weight excluding hydrogens is 360 g/mol. The number of rotatable bonds is 6. The molecule has 2 aliphatic heterocycles. The summed E-state index contributed by atoms with van der Waals surface area (Å²) >= 11 is 0. The zero-order valence-electron chi connectivity index (χ0n) is 16.0. The average molecular weight is 394 g/mol. The molecule has 3 unspecified atom stereocenters. The van der Waals surface area contributed by atoms with E-state index in [4.69, 9.17) is 9.47 Å². The van der Waals surface area contributed by atoms with E-state index in [-0.39, 0.29) is 19.1 Å². The molecule has 0 aromatic carbocycles. The molecule has 11 atom stereocenters. The van der Waals surface area contributed by atoms with Crippen molar-refractivity contribution in [2.75, 3.05) is 13.2 Å². The number of aliphatic hydroxyl groups is 7. The van der Waals surface area contributed by atoms with Crippen molar-refractivity contribution < 1.29 is 45.2 Å². The lowest BCUT2D eigenvalue weighted by Crippen LogP contribution is -2.68. The Bertz CT molecular complexity index is 478. The minimum Gasteiger partial charge on any atom is -0.388 e. The van der Waals surface area contributed by atoms with Crippen molar-refractivity contribution in [3.05, 3.63) is 0 Å². The molecule has 2 rings (SSSR count). The van der Waals surface area contributed by atoms with E-state index >= 15 is 0 Å². The van der Waals surface area contributed by atoms with Gasteiger partial charge in [-0.1, -0.05) is 33.6 Å². The van der Waals surface area contributed by atoms with Gasteiger partial charge in [0.15, 0.2) is 5.79 Å². The van der Waals surface area contributed by atoms with Gasteiger partial charge in [-0.2, -0.15) is 0 Å². The highest BCUT2D eigenvalue weighted by Crippen LogP contribution is 2.44. The van der Waals surface area contributed by atoms with E-state index in [1.807, 2.05) is 20.8 Å². The third-order valence-corrected chi connectivity index (χ3v) is 6.26.